The second-order valence-electron chi connectivity index (χ2n) is 4.37. The van der Waals surface area contributed by atoms with E-state index in [1.807, 2.05) is 18.2 Å². The second-order valence-corrected chi connectivity index (χ2v) is 4.37. The van der Waals surface area contributed by atoms with Gasteiger partial charge in [-0.15, -0.1) is 0 Å². The van der Waals surface area contributed by atoms with Crippen LogP contribution in [-0.4, -0.2) is 24.8 Å². The predicted octanol–water partition coefficient (Wildman–Crippen LogP) is 2.76. The average Bonchev–Trinajstić information content (AvgIpc) is 2.55. The lowest BCUT2D eigenvalue weighted by molar-refractivity contribution is -0.384. The highest BCUT2D eigenvalue weighted by Crippen LogP contribution is 2.28. The van der Waals surface area contributed by atoms with E-state index in [0.29, 0.717) is 11.5 Å². The van der Waals surface area contributed by atoms with Crippen molar-refractivity contribution in [3.8, 4) is 11.5 Å². The van der Waals surface area contributed by atoms with Gasteiger partial charge in [-0.25, -0.2) is 4.79 Å². The van der Waals surface area contributed by atoms with Gasteiger partial charge >= 0.3 is 6.03 Å². The molecule has 0 aromatic heterocycles. The fourth-order valence-corrected chi connectivity index (χ4v) is 1.78. The van der Waals surface area contributed by atoms with Gasteiger partial charge in [-0.05, 0) is 18.2 Å². The summed E-state index contributed by atoms with van der Waals surface area (Å²) < 4.78 is 10.4. The van der Waals surface area contributed by atoms with Crippen LogP contribution >= 0.6 is 0 Å². The van der Waals surface area contributed by atoms with Crippen LogP contribution in [-0.2, 0) is 0 Å². The van der Waals surface area contributed by atoms with Crippen LogP contribution in [0.5, 0.6) is 11.5 Å². The Morgan fingerprint density at radius 2 is 1.96 bits per heavy atom. The Kier molecular flexibility index (Phi) is 5.35. The minimum absolute atomic E-state index is 0.0485. The number of urea groups is 1. The largest absolute Gasteiger partial charge is 0.495 e. The van der Waals surface area contributed by atoms with E-state index < -0.39 is 11.0 Å². The van der Waals surface area contributed by atoms with Crippen LogP contribution < -0.4 is 20.1 Å². The summed E-state index contributed by atoms with van der Waals surface area (Å²) in [6.07, 6.45) is 0. The topological polar surface area (TPSA) is 103 Å². The number of nitro groups is 1. The summed E-state index contributed by atoms with van der Waals surface area (Å²) in [7, 11) is 1.41. The number of anilines is 1. The number of ether oxygens (including phenoxy) is 2. The maximum atomic E-state index is 11.8. The van der Waals surface area contributed by atoms with Gasteiger partial charge in [-0.3, -0.25) is 10.1 Å². The Hall–Kier alpha value is -3.29. The molecular formula is C15H15N3O5. The van der Waals surface area contributed by atoms with Crippen molar-refractivity contribution in [2.24, 2.45) is 0 Å². The Morgan fingerprint density at radius 1 is 1.22 bits per heavy atom. The molecule has 120 valence electrons. The third kappa shape index (κ3) is 4.60. The quantitative estimate of drug-likeness (QED) is 0.484. The number of carbonyl (C=O) groups excluding carboxylic acids is 1. The molecule has 8 nitrogen and oxygen atoms in total. The van der Waals surface area contributed by atoms with Crippen molar-refractivity contribution in [3.05, 3.63) is 58.6 Å². The van der Waals surface area contributed by atoms with Crippen molar-refractivity contribution in [2.45, 2.75) is 0 Å². The minimum atomic E-state index is -0.570. The molecule has 0 atom stereocenters. The maximum absolute atomic E-state index is 11.8. The van der Waals surface area contributed by atoms with E-state index in [1.54, 1.807) is 12.1 Å². The van der Waals surface area contributed by atoms with Crippen molar-refractivity contribution >= 4 is 17.4 Å². The van der Waals surface area contributed by atoms with E-state index in [0.717, 1.165) is 0 Å². The minimum Gasteiger partial charge on any atom is -0.495 e. The zero-order chi connectivity index (χ0) is 16.7. The van der Waals surface area contributed by atoms with Crippen LogP contribution in [0.2, 0.25) is 0 Å². The molecule has 8 heteroatoms. The monoisotopic (exact) mass is 317 g/mol. The van der Waals surface area contributed by atoms with E-state index in [9.17, 15) is 14.9 Å². The molecule has 2 amide bonds. The first kappa shape index (κ1) is 16.1. The molecule has 0 aliphatic heterocycles. The number of methoxy groups -OCH3 is 1. The highest BCUT2D eigenvalue weighted by atomic mass is 16.6. The number of rotatable bonds is 6. The number of carbonyl (C=O) groups is 1. The van der Waals surface area contributed by atoms with E-state index in [1.165, 1.54) is 25.3 Å². The molecule has 2 aromatic rings. The van der Waals surface area contributed by atoms with Gasteiger partial charge in [-0.1, -0.05) is 18.2 Å². The summed E-state index contributed by atoms with van der Waals surface area (Å²) in [5.74, 6) is 0.926. The molecule has 0 aliphatic carbocycles. The van der Waals surface area contributed by atoms with Crippen molar-refractivity contribution in [3.63, 3.8) is 0 Å². The Morgan fingerprint density at radius 3 is 2.61 bits per heavy atom. The van der Waals surface area contributed by atoms with Crippen molar-refractivity contribution in [2.75, 3.05) is 19.2 Å². The predicted molar refractivity (Wildman–Crippen MR) is 83.7 cm³/mol. The van der Waals surface area contributed by atoms with E-state index in [2.05, 4.69) is 10.6 Å². The third-order valence-electron chi connectivity index (χ3n) is 2.86. The second kappa shape index (κ2) is 7.64. The van der Waals surface area contributed by atoms with Crippen molar-refractivity contribution in [1.29, 1.82) is 0 Å². The van der Waals surface area contributed by atoms with Crippen LogP contribution in [0.3, 0.4) is 0 Å². The summed E-state index contributed by atoms with van der Waals surface area (Å²) >= 11 is 0. The number of amides is 2. The highest BCUT2D eigenvalue weighted by molar-refractivity contribution is 5.91. The molecule has 0 aliphatic rings. The summed E-state index contributed by atoms with van der Waals surface area (Å²) in [6, 6.07) is 12.3. The van der Waals surface area contributed by atoms with Gasteiger partial charge in [0.15, 0.2) is 6.73 Å². The fraction of sp³-hybridized carbons (Fsp3) is 0.133. The van der Waals surface area contributed by atoms with Crippen LogP contribution in [0, 0.1) is 10.1 Å². The number of hydrogen-bond acceptors (Lipinski definition) is 5. The maximum Gasteiger partial charge on any atom is 0.321 e. The lowest BCUT2D eigenvalue weighted by Crippen LogP contribution is -2.32. The van der Waals surface area contributed by atoms with Gasteiger partial charge in [0.25, 0.3) is 5.69 Å². The summed E-state index contributed by atoms with van der Waals surface area (Å²) in [5, 5.41) is 15.7. The number of nitrogens with one attached hydrogen (secondary N) is 2. The Bertz CT molecular complexity index is 691. The Balaban J connectivity index is 1.94. The molecule has 0 saturated heterocycles. The zero-order valence-electron chi connectivity index (χ0n) is 12.3. The van der Waals surface area contributed by atoms with Gasteiger partial charge in [-0.2, -0.15) is 0 Å². The molecule has 23 heavy (non-hydrogen) atoms. The molecule has 0 heterocycles. The third-order valence-corrected chi connectivity index (χ3v) is 2.86. The normalized spacial score (nSPS) is 9.78. The number of nitro benzene ring substituents is 1. The number of benzene rings is 2. The zero-order valence-corrected chi connectivity index (χ0v) is 12.3. The molecule has 2 N–H and O–H groups in total. The molecule has 0 bridgehead atoms. The standard InChI is InChI=1S/C15H15N3O5/c1-22-14-8-7-11(18(20)21)9-13(14)17-15(19)16-10-23-12-5-3-2-4-6-12/h2-9H,10H2,1H3,(H2,16,17,19). The number of non-ortho nitro benzene ring substituents is 1. The van der Waals surface area contributed by atoms with Crippen LogP contribution in [0.25, 0.3) is 0 Å². The molecular weight excluding hydrogens is 302 g/mol. The lowest BCUT2D eigenvalue weighted by atomic mass is 10.2. The molecule has 0 radical (unpaired) electrons. The summed E-state index contributed by atoms with van der Waals surface area (Å²) in [5.41, 5.74) is 0.0422. The SMILES string of the molecule is COc1ccc([N+](=O)[O-])cc1NC(=O)NCOc1ccccc1. The first-order valence-corrected chi connectivity index (χ1v) is 6.65. The molecule has 2 rings (SSSR count). The van der Waals surface area contributed by atoms with E-state index in [-0.39, 0.29) is 18.1 Å². The summed E-state index contributed by atoms with van der Waals surface area (Å²) in [4.78, 5) is 22.1. The Labute approximate surface area is 132 Å². The fourth-order valence-electron chi connectivity index (χ4n) is 1.78. The molecule has 2 aromatic carbocycles. The van der Waals surface area contributed by atoms with Crippen molar-refractivity contribution in [1.82, 2.24) is 5.32 Å². The highest BCUT2D eigenvalue weighted by Gasteiger charge is 2.13. The number of para-hydroxylation sites is 1. The van der Waals surface area contributed by atoms with Crippen molar-refractivity contribution < 1.29 is 19.2 Å². The van der Waals surface area contributed by atoms with Crippen LogP contribution in [0.15, 0.2) is 48.5 Å². The first-order valence-electron chi connectivity index (χ1n) is 6.65. The van der Waals surface area contributed by atoms with E-state index in [4.69, 9.17) is 9.47 Å². The molecule has 0 fully saturated rings. The summed E-state index contributed by atoms with van der Waals surface area (Å²) in [6.45, 7) is -0.0485. The van der Waals surface area contributed by atoms with Gasteiger partial charge in [0.05, 0.1) is 17.7 Å². The smallest absolute Gasteiger partial charge is 0.321 e. The first-order chi connectivity index (χ1) is 11.1. The molecule has 0 spiro atoms. The van der Waals surface area contributed by atoms with Gasteiger partial charge < -0.3 is 20.1 Å². The number of hydrogen-bond donors (Lipinski definition) is 2. The number of nitrogens with zero attached hydrogens (tertiary/aromatic N) is 1. The van der Waals surface area contributed by atoms with Crippen LogP contribution in [0.4, 0.5) is 16.2 Å². The van der Waals surface area contributed by atoms with Gasteiger partial charge in [0, 0.05) is 12.1 Å². The van der Waals surface area contributed by atoms with Gasteiger partial charge in [0.2, 0.25) is 0 Å². The van der Waals surface area contributed by atoms with E-state index >= 15 is 0 Å². The van der Waals surface area contributed by atoms with Crippen LogP contribution in [0.1, 0.15) is 0 Å². The molecule has 0 unspecified atom stereocenters. The molecule has 0 saturated carbocycles. The average molecular weight is 317 g/mol. The van der Waals surface area contributed by atoms with Gasteiger partial charge in [0.1, 0.15) is 11.5 Å². The lowest BCUT2D eigenvalue weighted by Gasteiger charge is -2.11.